The maximum absolute atomic E-state index is 2.45. The molecule has 0 amide bonds. The summed E-state index contributed by atoms with van der Waals surface area (Å²) in [4.78, 5) is 2.42. The molecule has 1 aromatic heterocycles. The monoisotopic (exact) mass is 726 g/mol. The number of hydrogen-bond donors (Lipinski definition) is 0. The van der Waals surface area contributed by atoms with Crippen LogP contribution in [0.2, 0.25) is 0 Å². The van der Waals surface area contributed by atoms with Gasteiger partial charge in [0.25, 0.3) is 0 Å². The number of para-hydroxylation sites is 3. The van der Waals surface area contributed by atoms with Crippen LogP contribution in [0, 0.1) is 0 Å². The molecule has 1 aliphatic carbocycles. The summed E-state index contributed by atoms with van der Waals surface area (Å²) in [5.41, 5.74) is 16.4. The molecule has 2 heteroatoms. The van der Waals surface area contributed by atoms with Crippen molar-refractivity contribution in [3.8, 4) is 27.9 Å². The third kappa shape index (κ3) is 5.11. The molecule has 0 atom stereocenters. The number of aromatic nitrogens is 1. The van der Waals surface area contributed by atoms with Gasteiger partial charge in [-0.1, -0.05) is 182 Å². The summed E-state index contributed by atoms with van der Waals surface area (Å²) in [6, 6.07) is 84.2. The first-order valence-electron chi connectivity index (χ1n) is 19.7. The van der Waals surface area contributed by atoms with Crippen LogP contribution < -0.4 is 4.90 Å². The van der Waals surface area contributed by atoms with Gasteiger partial charge in [-0.05, 0) is 93.0 Å². The van der Waals surface area contributed by atoms with Gasteiger partial charge >= 0.3 is 0 Å². The minimum absolute atomic E-state index is 0.458. The Morgan fingerprint density at radius 1 is 0.368 bits per heavy atom. The van der Waals surface area contributed by atoms with E-state index in [1.807, 2.05) is 0 Å². The van der Waals surface area contributed by atoms with Gasteiger partial charge in [0, 0.05) is 27.8 Å². The molecule has 0 saturated heterocycles. The van der Waals surface area contributed by atoms with E-state index in [-0.39, 0.29) is 0 Å². The highest BCUT2D eigenvalue weighted by molar-refractivity contribution is 6.14. The number of fused-ring (bicyclic) bond motifs is 6. The van der Waals surface area contributed by atoms with Gasteiger partial charge in [-0.3, -0.25) is 0 Å². The Balaban J connectivity index is 1.14. The Morgan fingerprint density at radius 2 is 0.895 bits per heavy atom. The normalized spacial score (nSPS) is 12.7. The Bertz CT molecular complexity index is 3010. The van der Waals surface area contributed by atoms with Gasteiger partial charge in [0.05, 0.1) is 22.1 Å². The summed E-state index contributed by atoms with van der Waals surface area (Å²) in [5, 5.41) is 2.44. The van der Waals surface area contributed by atoms with E-state index in [0.717, 1.165) is 28.3 Å². The molecule has 57 heavy (non-hydrogen) atoms. The fourth-order valence-corrected chi connectivity index (χ4v) is 9.48. The Morgan fingerprint density at radius 3 is 1.61 bits per heavy atom. The molecule has 2 nitrogen and oxygen atoms in total. The average Bonchev–Trinajstić information content (AvgIpc) is 3.79. The first kappa shape index (κ1) is 33.0. The van der Waals surface area contributed by atoms with Crippen LogP contribution in [0.4, 0.5) is 17.1 Å². The van der Waals surface area contributed by atoms with Crippen LogP contribution in [0.1, 0.15) is 22.3 Å². The van der Waals surface area contributed by atoms with Crippen molar-refractivity contribution in [2.45, 2.75) is 5.41 Å². The fraction of sp³-hybridized carbons (Fsp3) is 0.0182. The number of benzene rings is 9. The highest BCUT2D eigenvalue weighted by Gasteiger charge is 2.45. The number of nitrogens with zero attached hydrogens (tertiary/aromatic N) is 2. The second-order valence-corrected chi connectivity index (χ2v) is 14.9. The highest BCUT2D eigenvalue weighted by atomic mass is 15.2. The zero-order valence-corrected chi connectivity index (χ0v) is 31.3. The van der Waals surface area contributed by atoms with Crippen LogP contribution in [-0.4, -0.2) is 4.57 Å². The molecule has 0 radical (unpaired) electrons. The minimum atomic E-state index is -0.458. The van der Waals surface area contributed by atoms with E-state index in [1.54, 1.807) is 0 Å². The van der Waals surface area contributed by atoms with Crippen molar-refractivity contribution in [1.82, 2.24) is 4.57 Å². The number of hydrogen-bond acceptors (Lipinski definition) is 1. The molecule has 11 rings (SSSR count). The molecule has 0 fully saturated rings. The maximum Gasteiger partial charge on any atom is 0.0782 e. The molecule has 0 spiro atoms. The Hall–Kier alpha value is -7.42. The van der Waals surface area contributed by atoms with Crippen LogP contribution in [-0.2, 0) is 5.41 Å². The highest BCUT2D eigenvalue weighted by Crippen LogP contribution is 2.56. The van der Waals surface area contributed by atoms with E-state index in [1.165, 1.54) is 60.8 Å². The maximum atomic E-state index is 2.45. The number of rotatable bonds is 7. The smallest absolute Gasteiger partial charge is 0.0782 e. The van der Waals surface area contributed by atoms with Gasteiger partial charge in [0.15, 0.2) is 0 Å². The zero-order chi connectivity index (χ0) is 37.8. The molecule has 0 saturated carbocycles. The van der Waals surface area contributed by atoms with Gasteiger partial charge < -0.3 is 9.47 Å². The van der Waals surface area contributed by atoms with Crippen molar-refractivity contribution in [2.24, 2.45) is 0 Å². The van der Waals surface area contributed by atoms with Crippen molar-refractivity contribution in [3.63, 3.8) is 0 Å². The van der Waals surface area contributed by atoms with Gasteiger partial charge in [-0.2, -0.15) is 0 Å². The summed E-state index contributed by atoms with van der Waals surface area (Å²) in [7, 11) is 0. The summed E-state index contributed by atoms with van der Waals surface area (Å²) < 4.78 is 2.45. The Labute approximate surface area is 333 Å². The van der Waals surface area contributed by atoms with E-state index in [0.29, 0.717) is 0 Å². The van der Waals surface area contributed by atoms with Crippen molar-refractivity contribution in [2.75, 3.05) is 4.90 Å². The van der Waals surface area contributed by atoms with Crippen molar-refractivity contribution in [3.05, 3.63) is 253 Å². The largest absolute Gasteiger partial charge is 0.308 e. The van der Waals surface area contributed by atoms with Crippen LogP contribution >= 0.6 is 0 Å². The standard InChI is InChI=1S/C55H38N2/c1-4-18-39(19-5-1)40-20-16-25-45(38-40)57-52-32-15-12-28-48(52)49-29-17-33-53(54(49)57)56(43-23-8-3-9-24-43)44-36-34-42(35-37-44)55(41-21-6-2-7-22-41)50-30-13-10-26-46(50)47-27-11-14-31-51(47)55/h1-38H. The van der Waals surface area contributed by atoms with Gasteiger partial charge in [0.1, 0.15) is 0 Å². The van der Waals surface area contributed by atoms with Crippen LogP contribution in [0.3, 0.4) is 0 Å². The van der Waals surface area contributed by atoms with Crippen molar-refractivity contribution < 1.29 is 0 Å². The fourth-order valence-electron chi connectivity index (χ4n) is 9.48. The minimum Gasteiger partial charge on any atom is -0.308 e. The lowest BCUT2D eigenvalue weighted by Gasteiger charge is -2.34. The van der Waals surface area contributed by atoms with Gasteiger partial charge in [0.2, 0.25) is 0 Å². The molecular formula is C55H38N2. The lowest BCUT2D eigenvalue weighted by atomic mass is 9.68. The molecule has 0 aliphatic heterocycles. The van der Waals surface area contributed by atoms with E-state index in [2.05, 4.69) is 240 Å². The van der Waals surface area contributed by atoms with E-state index >= 15 is 0 Å². The Kier molecular flexibility index (Phi) is 7.75. The second kappa shape index (κ2) is 13.4. The molecule has 1 aliphatic rings. The summed E-state index contributed by atoms with van der Waals surface area (Å²) >= 11 is 0. The lowest BCUT2D eigenvalue weighted by Crippen LogP contribution is -2.28. The first-order valence-corrected chi connectivity index (χ1v) is 19.7. The molecule has 0 bridgehead atoms. The van der Waals surface area contributed by atoms with Gasteiger partial charge in [-0.25, -0.2) is 0 Å². The average molecular weight is 727 g/mol. The van der Waals surface area contributed by atoms with Crippen LogP contribution in [0.15, 0.2) is 231 Å². The predicted molar refractivity (Wildman–Crippen MR) is 238 cm³/mol. The van der Waals surface area contributed by atoms with E-state index in [4.69, 9.17) is 0 Å². The number of anilines is 3. The van der Waals surface area contributed by atoms with Crippen LogP contribution in [0.5, 0.6) is 0 Å². The first-order chi connectivity index (χ1) is 28.3. The lowest BCUT2D eigenvalue weighted by molar-refractivity contribution is 0.768. The summed E-state index contributed by atoms with van der Waals surface area (Å²) in [5.74, 6) is 0. The molecular weight excluding hydrogens is 689 g/mol. The SMILES string of the molecule is c1ccc(-c2cccc(-n3c4ccccc4c4cccc(N(c5ccccc5)c5ccc(C6(c7ccccc7)c7ccccc7-c7ccccc76)cc5)c43)c2)cc1. The molecule has 268 valence electrons. The van der Waals surface area contributed by atoms with Crippen molar-refractivity contribution in [1.29, 1.82) is 0 Å². The summed E-state index contributed by atoms with van der Waals surface area (Å²) in [6.45, 7) is 0. The van der Waals surface area contributed by atoms with Gasteiger partial charge in [-0.15, -0.1) is 0 Å². The molecule has 0 N–H and O–H groups in total. The van der Waals surface area contributed by atoms with Crippen LogP contribution in [0.25, 0.3) is 49.7 Å². The second-order valence-electron chi connectivity index (χ2n) is 14.9. The molecule has 10 aromatic rings. The van der Waals surface area contributed by atoms with E-state index < -0.39 is 5.41 Å². The van der Waals surface area contributed by atoms with E-state index in [9.17, 15) is 0 Å². The van der Waals surface area contributed by atoms with Crippen molar-refractivity contribution >= 4 is 38.9 Å². The zero-order valence-electron chi connectivity index (χ0n) is 31.3. The molecule has 9 aromatic carbocycles. The quantitative estimate of drug-likeness (QED) is 0.159. The predicted octanol–water partition coefficient (Wildman–Crippen LogP) is 14.3. The topological polar surface area (TPSA) is 8.17 Å². The molecule has 0 unspecified atom stereocenters. The summed E-state index contributed by atoms with van der Waals surface area (Å²) in [6.07, 6.45) is 0. The third-order valence-corrected chi connectivity index (χ3v) is 11.9. The third-order valence-electron chi connectivity index (χ3n) is 11.9. The molecule has 1 heterocycles.